The lowest BCUT2D eigenvalue weighted by molar-refractivity contribution is 0.593. The van der Waals surface area contributed by atoms with Gasteiger partial charge in [-0.15, -0.1) is 0 Å². The second-order valence-electron chi connectivity index (χ2n) is 4.27. The summed E-state index contributed by atoms with van der Waals surface area (Å²) < 4.78 is 0. The summed E-state index contributed by atoms with van der Waals surface area (Å²) in [7, 11) is 2.00. The fraction of sp³-hybridized carbons (Fsp3) is 0.429. The third-order valence-electron chi connectivity index (χ3n) is 3.20. The summed E-state index contributed by atoms with van der Waals surface area (Å²) in [6.45, 7) is 0. The molecular formula is C14H18ClN. The maximum absolute atomic E-state index is 6.25. The van der Waals surface area contributed by atoms with Gasteiger partial charge in [-0.05, 0) is 44.4 Å². The first-order valence-electron chi connectivity index (χ1n) is 5.93. The van der Waals surface area contributed by atoms with E-state index in [0.717, 1.165) is 5.02 Å². The van der Waals surface area contributed by atoms with Crippen molar-refractivity contribution in [1.29, 1.82) is 0 Å². The average molecular weight is 236 g/mol. The molecule has 0 aliphatic heterocycles. The van der Waals surface area contributed by atoms with Crippen LogP contribution in [0.1, 0.15) is 37.3 Å². The molecule has 0 bridgehead atoms. The van der Waals surface area contributed by atoms with Crippen LogP contribution in [-0.4, -0.2) is 7.05 Å². The highest BCUT2D eigenvalue weighted by Gasteiger charge is 2.18. The molecule has 0 saturated heterocycles. The van der Waals surface area contributed by atoms with Gasteiger partial charge in [0, 0.05) is 5.02 Å². The van der Waals surface area contributed by atoms with Crippen LogP contribution in [0.4, 0.5) is 0 Å². The van der Waals surface area contributed by atoms with Crippen LogP contribution in [0.25, 0.3) is 0 Å². The number of benzene rings is 1. The fourth-order valence-electron chi connectivity index (χ4n) is 2.38. The van der Waals surface area contributed by atoms with Crippen LogP contribution in [0, 0.1) is 0 Å². The summed E-state index contributed by atoms with van der Waals surface area (Å²) in [5.74, 6) is 0. The monoisotopic (exact) mass is 235 g/mol. The van der Waals surface area contributed by atoms with Crippen LogP contribution in [0.3, 0.4) is 0 Å². The summed E-state index contributed by atoms with van der Waals surface area (Å²) in [4.78, 5) is 0. The molecule has 0 amide bonds. The standard InChI is InChI=1S/C14H18ClN/c1-16-14(11-7-3-2-4-8-11)12-9-5-6-10-13(12)15/h5-7,9-10,14,16H,2-4,8H2,1H3. The molecule has 0 radical (unpaired) electrons. The van der Waals surface area contributed by atoms with Crippen molar-refractivity contribution in [3.05, 3.63) is 46.5 Å². The summed E-state index contributed by atoms with van der Waals surface area (Å²) >= 11 is 6.25. The van der Waals surface area contributed by atoms with Gasteiger partial charge >= 0.3 is 0 Å². The van der Waals surface area contributed by atoms with E-state index in [4.69, 9.17) is 11.6 Å². The summed E-state index contributed by atoms with van der Waals surface area (Å²) in [5.41, 5.74) is 2.68. The van der Waals surface area contributed by atoms with Crippen molar-refractivity contribution in [3.63, 3.8) is 0 Å². The minimum absolute atomic E-state index is 0.286. The first-order chi connectivity index (χ1) is 7.83. The Hall–Kier alpha value is -0.790. The van der Waals surface area contributed by atoms with Gasteiger partial charge in [-0.25, -0.2) is 0 Å². The summed E-state index contributed by atoms with van der Waals surface area (Å²) in [5, 5.41) is 4.23. The normalized spacial score (nSPS) is 18.0. The third-order valence-corrected chi connectivity index (χ3v) is 3.55. The molecule has 0 spiro atoms. The molecule has 1 aliphatic carbocycles. The molecular weight excluding hydrogens is 218 g/mol. The lowest BCUT2D eigenvalue weighted by Gasteiger charge is -2.24. The predicted octanol–water partition coefficient (Wildman–Crippen LogP) is 4.10. The SMILES string of the molecule is CNC(C1=CCCCC1)c1ccccc1Cl. The van der Waals surface area contributed by atoms with Gasteiger partial charge in [-0.3, -0.25) is 0 Å². The van der Waals surface area contributed by atoms with Gasteiger partial charge in [0.2, 0.25) is 0 Å². The van der Waals surface area contributed by atoms with E-state index in [-0.39, 0.29) is 6.04 Å². The van der Waals surface area contributed by atoms with Gasteiger partial charge in [0.05, 0.1) is 6.04 Å². The number of hydrogen-bond acceptors (Lipinski definition) is 1. The zero-order chi connectivity index (χ0) is 11.4. The molecule has 0 aromatic heterocycles. The van der Waals surface area contributed by atoms with Crippen LogP contribution in [0.5, 0.6) is 0 Å². The number of rotatable bonds is 3. The van der Waals surface area contributed by atoms with Crippen molar-refractivity contribution in [2.45, 2.75) is 31.7 Å². The van der Waals surface area contributed by atoms with Gasteiger partial charge < -0.3 is 5.32 Å². The molecule has 1 atom stereocenters. The lowest BCUT2D eigenvalue weighted by Crippen LogP contribution is -2.20. The van der Waals surface area contributed by atoms with E-state index in [1.165, 1.54) is 36.8 Å². The largest absolute Gasteiger partial charge is 0.310 e. The number of nitrogens with one attached hydrogen (secondary N) is 1. The van der Waals surface area contributed by atoms with E-state index >= 15 is 0 Å². The number of allylic oxidation sites excluding steroid dienone is 1. The topological polar surface area (TPSA) is 12.0 Å². The molecule has 0 heterocycles. The lowest BCUT2D eigenvalue weighted by atomic mass is 9.90. The second-order valence-corrected chi connectivity index (χ2v) is 4.68. The van der Waals surface area contributed by atoms with Gasteiger partial charge in [0.15, 0.2) is 0 Å². The predicted molar refractivity (Wildman–Crippen MR) is 69.8 cm³/mol. The van der Waals surface area contributed by atoms with Crippen molar-refractivity contribution in [3.8, 4) is 0 Å². The Bertz CT molecular complexity index is 384. The average Bonchev–Trinajstić information content (AvgIpc) is 2.34. The smallest absolute Gasteiger partial charge is 0.0548 e. The minimum Gasteiger partial charge on any atom is -0.310 e. The number of halogens is 1. The van der Waals surface area contributed by atoms with Gasteiger partial charge in [0.25, 0.3) is 0 Å². The van der Waals surface area contributed by atoms with Crippen LogP contribution < -0.4 is 5.32 Å². The van der Waals surface area contributed by atoms with Gasteiger partial charge in [-0.2, -0.15) is 0 Å². The molecule has 0 saturated carbocycles. The Labute approximate surface area is 103 Å². The quantitative estimate of drug-likeness (QED) is 0.778. The maximum Gasteiger partial charge on any atom is 0.0548 e. The zero-order valence-electron chi connectivity index (χ0n) is 9.67. The van der Waals surface area contributed by atoms with Crippen molar-refractivity contribution < 1.29 is 0 Å². The van der Waals surface area contributed by atoms with Crippen LogP contribution >= 0.6 is 11.6 Å². The Kier molecular flexibility index (Phi) is 4.03. The maximum atomic E-state index is 6.25. The molecule has 16 heavy (non-hydrogen) atoms. The van der Waals surface area contributed by atoms with Crippen LogP contribution in [0.15, 0.2) is 35.9 Å². The van der Waals surface area contributed by atoms with E-state index < -0.39 is 0 Å². The second kappa shape index (κ2) is 5.51. The third kappa shape index (κ3) is 2.47. The highest BCUT2D eigenvalue weighted by Crippen LogP contribution is 2.32. The Morgan fingerprint density at radius 1 is 1.25 bits per heavy atom. The molecule has 1 aliphatic rings. The Morgan fingerprint density at radius 3 is 2.69 bits per heavy atom. The van der Waals surface area contributed by atoms with Crippen LogP contribution in [-0.2, 0) is 0 Å². The minimum atomic E-state index is 0.286. The molecule has 2 heteroatoms. The highest BCUT2D eigenvalue weighted by molar-refractivity contribution is 6.31. The number of likely N-dealkylation sites (N-methyl/N-ethyl adjacent to an activating group) is 1. The number of hydrogen-bond donors (Lipinski definition) is 1. The van der Waals surface area contributed by atoms with Crippen molar-refractivity contribution in [2.75, 3.05) is 7.05 Å². The molecule has 86 valence electrons. The first kappa shape index (κ1) is 11.7. The summed E-state index contributed by atoms with van der Waals surface area (Å²) in [6.07, 6.45) is 7.39. The Balaban J connectivity index is 2.28. The molecule has 1 aromatic rings. The molecule has 1 nitrogen and oxygen atoms in total. The van der Waals surface area contributed by atoms with Gasteiger partial charge in [0.1, 0.15) is 0 Å². The van der Waals surface area contributed by atoms with Gasteiger partial charge in [-0.1, -0.05) is 41.4 Å². The molecule has 2 rings (SSSR count). The van der Waals surface area contributed by atoms with E-state index in [1.807, 2.05) is 19.2 Å². The fourth-order valence-corrected chi connectivity index (χ4v) is 2.62. The zero-order valence-corrected chi connectivity index (χ0v) is 10.4. The molecule has 0 fully saturated rings. The van der Waals surface area contributed by atoms with E-state index in [9.17, 15) is 0 Å². The van der Waals surface area contributed by atoms with Crippen LogP contribution in [0.2, 0.25) is 5.02 Å². The van der Waals surface area contributed by atoms with E-state index in [0.29, 0.717) is 0 Å². The van der Waals surface area contributed by atoms with E-state index in [1.54, 1.807) is 0 Å². The molecule has 1 unspecified atom stereocenters. The highest BCUT2D eigenvalue weighted by atomic mass is 35.5. The molecule has 1 N–H and O–H groups in total. The first-order valence-corrected chi connectivity index (χ1v) is 6.31. The molecule has 1 aromatic carbocycles. The Morgan fingerprint density at radius 2 is 2.06 bits per heavy atom. The van der Waals surface area contributed by atoms with Crippen molar-refractivity contribution >= 4 is 11.6 Å². The van der Waals surface area contributed by atoms with Crippen molar-refractivity contribution in [2.24, 2.45) is 0 Å². The summed E-state index contributed by atoms with van der Waals surface area (Å²) in [6, 6.07) is 8.39. The van der Waals surface area contributed by atoms with E-state index in [2.05, 4.69) is 23.5 Å². The van der Waals surface area contributed by atoms with Crippen molar-refractivity contribution in [1.82, 2.24) is 5.32 Å².